The molecule has 7 heteroatoms. The zero-order chi connectivity index (χ0) is 26.9. The maximum absolute atomic E-state index is 13.7. The van der Waals surface area contributed by atoms with E-state index in [1.165, 1.54) is 0 Å². The molecule has 0 unspecified atom stereocenters. The summed E-state index contributed by atoms with van der Waals surface area (Å²) in [5, 5.41) is 3.56. The van der Waals surface area contributed by atoms with Gasteiger partial charge in [0.15, 0.2) is 6.61 Å². The van der Waals surface area contributed by atoms with Crippen LogP contribution in [0.1, 0.15) is 36.1 Å². The molecule has 3 aromatic rings. The first kappa shape index (κ1) is 28.7. The molecule has 0 heterocycles. The summed E-state index contributed by atoms with van der Waals surface area (Å²) in [7, 11) is 0. The van der Waals surface area contributed by atoms with Crippen LogP contribution in [0, 0.1) is 19.8 Å². The van der Waals surface area contributed by atoms with Crippen molar-refractivity contribution in [1.29, 1.82) is 0 Å². The Balaban J connectivity index is 1.92. The number of rotatable bonds is 11. The van der Waals surface area contributed by atoms with Gasteiger partial charge in [0.2, 0.25) is 5.91 Å². The third kappa shape index (κ3) is 8.34. The van der Waals surface area contributed by atoms with Crippen LogP contribution in [0.25, 0.3) is 0 Å². The molecule has 0 fully saturated rings. The highest BCUT2D eigenvalue weighted by atomic mass is 79.9. The molecule has 0 spiro atoms. The molecule has 1 atom stereocenters. The number of benzene rings is 3. The molecule has 2 amide bonds. The van der Waals surface area contributed by atoms with Crippen molar-refractivity contribution in [3.05, 3.63) is 98.5 Å². The van der Waals surface area contributed by atoms with Crippen LogP contribution in [0.3, 0.4) is 0 Å². The minimum absolute atomic E-state index is 0.187. The molecule has 5 nitrogen and oxygen atoms in total. The van der Waals surface area contributed by atoms with Gasteiger partial charge < -0.3 is 15.0 Å². The van der Waals surface area contributed by atoms with Crippen LogP contribution in [0.15, 0.2) is 71.2 Å². The third-order valence-corrected chi connectivity index (χ3v) is 7.65. The molecule has 0 aromatic heterocycles. The van der Waals surface area contributed by atoms with E-state index in [1.807, 2.05) is 88.4 Å². The van der Waals surface area contributed by atoms with Crippen molar-refractivity contribution in [2.45, 2.75) is 46.7 Å². The van der Waals surface area contributed by atoms with Gasteiger partial charge in [-0.3, -0.25) is 9.59 Å². The van der Waals surface area contributed by atoms with Crippen LogP contribution in [-0.2, 0) is 22.6 Å². The molecule has 3 aromatic carbocycles. The largest absolute Gasteiger partial charge is 0.484 e. The number of amides is 2. The minimum Gasteiger partial charge on any atom is -0.484 e. The lowest BCUT2D eigenvalue weighted by atomic mass is 10.0. The Morgan fingerprint density at radius 3 is 2.24 bits per heavy atom. The summed E-state index contributed by atoms with van der Waals surface area (Å²) >= 11 is 10.0. The van der Waals surface area contributed by atoms with E-state index >= 15 is 0 Å². The van der Waals surface area contributed by atoms with E-state index in [0.717, 1.165) is 26.7 Å². The van der Waals surface area contributed by atoms with Crippen molar-refractivity contribution in [3.63, 3.8) is 0 Å². The Kier molecular flexibility index (Phi) is 10.6. The van der Waals surface area contributed by atoms with Gasteiger partial charge in [-0.2, -0.15) is 0 Å². The zero-order valence-corrected chi connectivity index (χ0v) is 24.1. The van der Waals surface area contributed by atoms with E-state index in [-0.39, 0.29) is 30.9 Å². The molecule has 0 aliphatic carbocycles. The first-order valence-electron chi connectivity index (χ1n) is 12.4. The number of nitrogens with one attached hydrogen (secondary N) is 1. The summed E-state index contributed by atoms with van der Waals surface area (Å²) in [5.74, 6) is 0.390. The number of ether oxygens (including phenoxy) is 1. The van der Waals surface area contributed by atoms with E-state index in [1.54, 1.807) is 11.0 Å². The van der Waals surface area contributed by atoms with Crippen LogP contribution in [0.5, 0.6) is 5.75 Å². The molecule has 0 saturated heterocycles. The number of carbonyl (C=O) groups is 2. The SMILES string of the molecule is Cc1cc(OCC(=O)N(Cc2ccccc2Cl)[C@H](Cc2ccccc2)C(=O)NCC(C)C)cc(C)c1Br. The second kappa shape index (κ2) is 13.6. The zero-order valence-electron chi connectivity index (χ0n) is 21.8. The molecule has 0 radical (unpaired) electrons. The first-order chi connectivity index (χ1) is 17.7. The fourth-order valence-corrected chi connectivity index (χ4v) is 4.43. The van der Waals surface area contributed by atoms with Crippen LogP contribution in [0.4, 0.5) is 0 Å². The topological polar surface area (TPSA) is 58.6 Å². The number of hydrogen-bond donors (Lipinski definition) is 1. The average molecular weight is 586 g/mol. The first-order valence-corrected chi connectivity index (χ1v) is 13.6. The van der Waals surface area contributed by atoms with E-state index in [0.29, 0.717) is 23.7 Å². The summed E-state index contributed by atoms with van der Waals surface area (Å²) in [6.45, 7) is 8.53. The van der Waals surface area contributed by atoms with Crippen LogP contribution in [0.2, 0.25) is 5.02 Å². The number of hydrogen-bond acceptors (Lipinski definition) is 3. The summed E-state index contributed by atoms with van der Waals surface area (Å²) in [4.78, 5) is 28.8. The fourth-order valence-electron chi connectivity index (χ4n) is 4.00. The highest BCUT2D eigenvalue weighted by molar-refractivity contribution is 9.10. The summed E-state index contributed by atoms with van der Waals surface area (Å²) in [5.41, 5.74) is 3.77. The highest BCUT2D eigenvalue weighted by Gasteiger charge is 2.31. The van der Waals surface area contributed by atoms with Crippen molar-refractivity contribution in [2.75, 3.05) is 13.2 Å². The molecule has 196 valence electrons. The number of nitrogens with zero attached hydrogens (tertiary/aromatic N) is 1. The third-order valence-electron chi connectivity index (χ3n) is 6.03. The average Bonchev–Trinajstić information content (AvgIpc) is 2.88. The summed E-state index contributed by atoms with van der Waals surface area (Å²) in [6, 6.07) is 20.1. The fraction of sp³-hybridized carbons (Fsp3) is 0.333. The van der Waals surface area contributed by atoms with Crippen LogP contribution < -0.4 is 10.1 Å². The quantitative estimate of drug-likeness (QED) is 0.279. The maximum Gasteiger partial charge on any atom is 0.261 e. The van der Waals surface area contributed by atoms with Crippen molar-refractivity contribution >= 4 is 39.3 Å². The van der Waals surface area contributed by atoms with Gasteiger partial charge in [-0.1, -0.05) is 89.9 Å². The van der Waals surface area contributed by atoms with Gasteiger partial charge in [0.25, 0.3) is 5.91 Å². The molecular weight excluding hydrogens is 552 g/mol. The Morgan fingerprint density at radius 1 is 1.00 bits per heavy atom. The van der Waals surface area contributed by atoms with Gasteiger partial charge in [0.05, 0.1) is 0 Å². The van der Waals surface area contributed by atoms with E-state index < -0.39 is 6.04 Å². The standard InChI is InChI=1S/C30H34BrClN2O3/c1-20(2)17-33-30(36)27(16-23-10-6-5-7-11-23)34(18-24-12-8-9-13-26(24)32)28(35)19-37-25-14-21(3)29(31)22(4)15-25/h5-15,20,27H,16-19H2,1-4H3,(H,33,36)/t27-/m1/s1. The van der Waals surface area contributed by atoms with Gasteiger partial charge in [-0.05, 0) is 60.2 Å². The normalized spacial score (nSPS) is 11.8. The maximum atomic E-state index is 13.7. The van der Waals surface area contributed by atoms with Gasteiger partial charge in [-0.25, -0.2) is 0 Å². The van der Waals surface area contributed by atoms with E-state index in [4.69, 9.17) is 16.3 Å². The predicted molar refractivity (Wildman–Crippen MR) is 153 cm³/mol. The lowest BCUT2D eigenvalue weighted by molar-refractivity contribution is -0.142. The molecule has 1 N–H and O–H groups in total. The molecule has 0 aliphatic heterocycles. The van der Waals surface area contributed by atoms with Crippen LogP contribution in [-0.4, -0.2) is 35.9 Å². The van der Waals surface area contributed by atoms with Crippen molar-refractivity contribution in [3.8, 4) is 5.75 Å². The Bertz CT molecular complexity index is 1190. The monoisotopic (exact) mass is 584 g/mol. The molecule has 0 aliphatic rings. The number of carbonyl (C=O) groups excluding carboxylic acids is 2. The van der Waals surface area contributed by atoms with Gasteiger partial charge >= 0.3 is 0 Å². The van der Waals surface area contributed by atoms with Gasteiger partial charge in [0, 0.05) is 29.0 Å². The van der Waals surface area contributed by atoms with Crippen molar-refractivity contribution in [1.82, 2.24) is 10.2 Å². The number of halogens is 2. The van der Waals surface area contributed by atoms with E-state index in [9.17, 15) is 9.59 Å². The van der Waals surface area contributed by atoms with Gasteiger partial charge in [-0.15, -0.1) is 0 Å². The second-order valence-corrected chi connectivity index (χ2v) is 10.8. The second-order valence-electron chi connectivity index (χ2n) is 9.62. The summed E-state index contributed by atoms with van der Waals surface area (Å²) < 4.78 is 6.95. The van der Waals surface area contributed by atoms with Crippen molar-refractivity contribution in [2.24, 2.45) is 5.92 Å². The van der Waals surface area contributed by atoms with Gasteiger partial charge in [0.1, 0.15) is 11.8 Å². The predicted octanol–water partition coefficient (Wildman–Crippen LogP) is 6.51. The Hall–Kier alpha value is -2.83. The smallest absolute Gasteiger partial charge is 0.261 e. The minimum atomic E-state index is -0.734. The molecule has 3 rings (SSSR count). The van der Waals surface area contributed by atoms with E-state index in [2.05, 4.69) is 21.2 Å². The Morgan fingerprint density at radius 2 is 1.62 bits per heavy atom. The Labute approximate surface area is 233 Å². The summed E-state index contributed by atoms with van der Waals surface area (Å²) in [6.07, 6.45) is 0.372. The molecule has 0 bridgehead atoms. The molecule has 37 heavy (non-hydrogen) atoms. The molecular formula is C30H34BrClN2O3. The highest BCUT2D eigenvalue weighted by Crippen LogP contribution is 2.27. The number of aryl methyl sites for hydroxylation is 2. The van der Waals surface area contributed by atoms with Crippen molar-refractivity contribution < 1.29 is 14.3 Å². The lowest BCUT2D eigenvalue weighted by Gasteiger charge is -2.32. The lowest BCUT2D eigenvalue weighted by Crippen LogP contribution is -2.52. The molecule has 0 saturated carbocycles. The van der Waals surface area contributed by atoms with Crippen LogP contribution >= 0.6 is 27.5 Å².